The van der Waals surface area contributed by atoms with Crippen molar-refractivity contribution in [2.75, 3.05) is 14.2 Å². The highest BCUT2D eigenvalue weighted by Crippen LogP contribution is 2.26. The van der Waals surface area contributed by atoms with Crippen LogP contribution in [0.5, 0.6) is 11.5 Å². The van der Waals surface area contributed by atoms with Gasteiger partial charge in [0.15, 0.2) is 0 Å². The standard InChI is InChI=1S/C13H17NO2/c1-4-10(14)8-9-11-12(15-2)6-5-7-13(11)16-3/h5-7,10H,4,14H2,1-3H3. The van der Waals surface area contributed by atoms with Crippen LogP contribution in [0.1, 0.15) is 18.9 Å². The van der Waals surface area contributed by atoms with E-state index in [4.69, 9.17) is 15.2 Å². The van der Waals surface area contributed by atoms with Crippen LogP contribution >= 0.6 is 0 Å². The van der Waals surface area contributed by atoms with Crippen LogP contribution in [0.2, 0.25) is 0 Å². The number of nitrogens with two attached hydrogens (primary N) is 1. The van der Waals surface area contributed by atoms with Crippen LogP contribution in [0.4, 0.5) is 0 Å². The van der Waals surface area contributed by atoms with Crippen LogP contribution in [0.3, 0.4) is 0 Å². The van der Waals surface area contributed by atoms with Crippen molar-refractivity contribution in [2.45, 2.75) is 19.4 Å². The minimum atomic E-state index is -0.116. The molecule has 0 aromatic heterocycles. The quantitative estimate of drug-likeness (QED) is 0.788. The molecule has 0 aliphatic heterocycles. The summed E-state index contributed by atoms with van der Waals surface area (Å²) in [4.78, 5) is 0. The van der Waals surface area contributed by atoms with Gasteiger partial charge in [-0.3, -0.25) is 0 Å². The molecule has 0 amide bonds. The van der Waals surface area contributed by atoms with Crippen molar-refractivity contribution in [1.29, 1.82) is 0 Å². The second kappa shape index (κ2) is 6.04. The number of rotatable bonds is 3. The zero-order chi connectivity index (χ0) is 12.0. The van der Waals surface area contributed by atoms with Gasteiger partial charge < -0.3 is 15.2 Å². The van der Waals surface area contributed by atoms with Crippen molar-refractivity contribution < 1.29 is 9.47 Å². The Hall–Kier alpha value is -1.66. The Morgan fingerprint density at radius 3 is 2.25 bits per heavy atom. The summed E-state index contributed by atoms with van der Waals surface area (Å²) in [5.74, 6) is 7.38. The Balaban J connectivity index is 3.12. The monoisotopic (exact) mass is 219 g/mol. The molecule has 2 N–H and O–H groups in total. The fraction of sp³-hybridized carbons (Fsp3) is 0.385. The summed E-state index contributed by atoms with van der Waals surface area (Å²) in [6.45, 7) is 2.00. The van der Waals surface area contributed by atoms with Crippen molar-refractivity contribution >= 4 is 0 Å². The van der Waals surface area contributed by atoms with E-state index in [1.807, 2.05) is 25.1 Å². The summed E-state index contributed by atoms with van der Waals surface area (Å²) in [7, 11) is 3.22. The van der Waals surface area contributed by atoms with Gasteiger partial charge in [-0.2, -0.15) is 0 Å². The lowest BCUT2D eigenvalue weighted by Gasteiger charge is -2.08. The van der Waals surface area contributed by atoms with E-state index in [1.165, 1.54) is 0 Å². The second-order valence-corrected chi connectivity index (χ2v) is 3.32. The third kappa shape index (κ3) is 2.91. The lowest BCUT2D eigenvalue weighted by atomic mass is 10.1. The summed E-state index contributed by atoms with van der Waals surface area (Å²) >= 11 is 0. The van der Waals surface area contributed by atoms with Crippen molar-refractivity contribution in [2.24, 2.45) is 5.73 Å². The number of ether oxygens (including phenoxy) is 2. The van der Waals surface area contributed by atoms with E-state index >= 15 is 0 Å². The van der Waals surface area contributed by atoms with E-state index < -0.39 is 0 Å². The molecule has 0 fully saturated rings. The Morgan fingerprint density at radius 1 is 1.25 bits per heavy atom. The van der Waals surface area contributed by atoms with Crippen LogP contribution in [0, 0.1) is 11.8 Å². The summed E-state index contributed by atoms with van der Waals surface area (Å²) in [5.41, 5.74) is 6.50. The van der Waals surface area contributed by atoms with Crippen molar-refractivity contribution in [3.63, 3.8) is 0 Å². The smallest absolute Gasteiger partial charge is 0.138 e. The van der Waals surface area contributed by atoms with E-state index in [9.17, 15) is 0 Å². The molecular formula is C13H17NO2. The molecule has 1 unspecified atom stereocenters. The zero-order valence-corrected chi connectivity index (χ0v) is 9.91. The zero-order valence-electron chi connectivity index (χ0n) is 9.91. The molecule has 86 valence electrons. The predicted octanol–water partition coefficient (Wildman–Crippen LogP) is 1.79. The minimum Gasteiger partial charge on any atom is -0.495 e. The summed E-state index contributed by atoms with van der Waals surface area (Å²) < 4.78 is 10.5. The van der Waals surface area contributed by atoms with E-state index in [2.05, 4.69) is 11.8 Å². The molecule has 1 aromatic carbocycles. The average molecular weight is 219 g/mol. The molecule has 0 heterocycles. The van der Waals surface area contributed by atoms with Crippen LogP contribution in [-0.4, -0.2) is 20.3 Å². The van der Waals surface area contributed by atoms with Gasteiger partial charge in [0.2, 0.25) is 0 Å². The van der Waals surface area contributed by atoms with Gasteiger partial charge in [0, 0.05) is 0 Å². The molecular weight excluding hydrogens is 202 g/mol. The second-order valence-electron chi connectivity index (χ2n) is 3.32. The van der Waals surface area contributed by atoms with Gasteiger partial charge in [0.05, 0.1) is 20.3 Å². The van der Waals surface area contributed by atoms with E-state index in [0.717, 1.165) is 12.0 Å². The van der Waals surface area contributed by atoms with Gasteiger partial charge in [-0.05, 0) is 18.6 Å². The summed E-state index contributed by atoms with van der Waals surface area (Å²) in [5, 5.41) is 0. The number of hydrogen-bond acceptors (Lipinski definition) is 3. The predicted molar refractivity (Wildman–Crippen MR) is 64.7 cm³/mol. The van der Waals surface area contributed by atoms with E-state index in [1.54, 1.807) is 14.2 Å². The van der Waals surface area contributed by atoms with Crippen LogP contribution < -0.4 is 15.2 Å². The van der Waals surface area contributed by atoms with Crippen molar-refractivity contribution in [1.82, 2.24) is 0 Å². The first kappa shape index (κ1) is 12.4. The highest BCUT2D eigenvalue weighted by molar-refractivity contribution is 5.55. The molecule has 0 bridgehead atoms. The fourth-order valence-electron chi connectivity index (χ4n) is 1.24. The Bertz CT molecular complexity index is 382. The normalized spacial score (nSPS) is 11.2. The lowest BCUT2D eigenvalue weighted by molar-refractivity contribution is 0.392. The molecule has 0 radical (unpaired) electrons. The highest BCUT2D eigenvalue weighted by atomic mass is 16.5. The largest absolute Gasteiger partial charge is 0.495 e. The van der Waals surface area contributed by atoms with Gasteiger partial charge in [-0.15, -0.1) is 0 Å². The summed E-state index contributed by atoms with van der Waals surface area (Å²) in [6.07, 6.45) is 0.824. The van der Waals surface area contributed by atoms with Gasteiger partial charge in [-0.25, -0.2) is 0 Å². The number of hydrogen-bond donors (Lipinski definition) is 1. The van der Waals surface area contributed by atoms with Gasteiger partial charge in [0.25, 0.3) is 0 Å². The molecule has 1 aromatic rings. The molecule has 0 spiro atoms. The molecule has 0 aliphatic carbocycles. The van der Waals surface area contributed by atoms with Crippen LogP contribution in [0.15, 0.2) is 18.2 Å². The van der Waals surface area contributed by atoms with Crippen LogP contribution in [-0.2, 0) is 0 Å². The summed E-state index contributed by atoms with van der Waals surface area (Å²) in [6, 6.07) is 5.45. The van der Waals surface area contributed by atoms with Gasteiger partial charge >= 0.3 is 0 Å². The minimum absolute atomic E-state index is 0.116. The number of methoxy groups -OCH3 is 2. The molecule has 1 atom stereocenters. The first-order valence-corrected chi connectivity index (χ1v) is 5.21. The van der Waals surface area contributed by atoms with Crippen molar-refractivity contribution in [3.8, 4) is 23.3 Å². The lowest BCUT2D eigenvalue weighted by Crippen LogP contribution is -2.15. The van der Waals surface area contributed by atoms with E-state index in [0.29, 0.717) is 11.5 Å². The maximum absolute atomic E-state index is 5.75. The molecule has 0 saturated carbocycles. The molecule has 3 nitrogen and oxygen atoms in total. The van der Waals surface area contributed by atoms with Crippen molar-refractivity contribution in [3.05, 3.63) is 23.8 Å². The first-order valence-electron chi connectivity index (χ1n) is 5.21. The highest BCUT2D eigenvalue weighted by Gasteiger charge is 2.06. The third-order valence-corrected chi connectivity index (χ3v) is 2.25. The van der Waals surface area contributed by atoms with Gasteiger partial charge in [0.1, 0.15) is 17.1 Å². The van der Waals surface area contributed by atoms with Gasteiger partial charge in [-0.1, -0.05) is 24.8 Å². The molecule has 16 heavy (non-hydrogen) atoms. The Morgan fingerprint density at radius 2 is 1.81 bits per heavy atom. The maximum Gasteiger partial charge on any atom is 0.138 e. The maximum atomic E-state index is 5.75. The molecule has 3 heteroatoms. The topological polar surface area (TPSA) is 44.5 Å². The molecule has 0 aliphatic rings. The van der Waals surface area contributed by atoms with Crippen LogP contribution in [0.25, 0.3) is 0 Å². The third-order valence-electron chi connectivity index (χ3n) is 2.25. The first-order chi connectivity index (χ1) is 7.72. The number of benzene rings is 1. The fourth-order valence-corrected chi connectivity index (χ4v) is 1.24. The SMILES string of the molecule is CCC(N)C#Cc1c(OC)cccc1OC. The Labute approximate surface area is 96.6 Å². The average Bonchev–Trinajstić information content (AvgIpc) is 2.35. The molecule has 0 saturated heterocycles. The van der Waals surface area contributed by atoms with E-state index in [-0.39, 0.29) is 6.04 Å². The Kier molecular flexibility index (Phi) is 4.68. The molecule has 1 rings (SSSR count).